The lowest BCUT2D eigenvalue weighted by molar-refractivity contribution is -0.201. The van der Waals surface area contributed by atoms with E-state index in [1.54, 1.807) is 0 Å². The molecule has 1 saturated heterocycles. The zero-order valence-corrected chi connectivity index (χ0v) is 10.00. The summed E-state index contributed by atoms with van der Waals surface area (Å²) in [5.74, 6) is 2.20. The molecule has 4 rings (SSSR count). The molecule has 4 fully saturated rings. The van der Waals surface area contributed by atoms with E-state index in [-0.39, 0.29) is 5.79 Å². The summed E-state index contributed by atoms with van der Waals surface area (Å²) in [7, 11) is 0. The van der Waals surface area contributed by atoms with Crippen molar-refractivity contribution in [3.05, 3.63) is 12.2 Å². The van der Waals surface area contributed by atoms with Crippen molar-refractivity contribution in [2.75, 3.05) is 13.2 Å². The first-order valence-corrected chi connectivity index (χ1v) is 6.61. The zero-order chi connectivity index (χ0) is 11.0. The molecule has 0 aromatic heterocycles. The quantitative estimate of drug-likeness (QED) is 0.584. The Balaban J connectivity index is 1.66. The van der Waals surface area contributed by atoms with Gasteiger partial charge in [-0.1, -0.05) is 19.1 Å². The Hall–Kier alpha value is -0.340. The maximum Gasteiger partial charge on any atom is 0.169 e. The van der Waals surface area contributed by atoms with Gasteiger partial charge in [0, 0.05) is 12.8 Å². The SMILES string of the molecule is C=C1[C@H]2C[C@H]2[C@]2(C)CCC3(C[C@@H]12)OCCO3. The van der Waals surface area contributed by atoms with Gasteiger partial charge in [0.2, 0.25) is 0 Å². The summed E-state index contributed by atoms with van der Waals surface area (Å²) in [6.07, 6.45) is 4.82. The van der Waals surface area contributed by atoms with E-state index in [0.29, 0.717) is 11.3 Å². The van der Waals surface area contributed by atoms with Crippen molar-refractivity contribution < 1.29 is 9.47 Å². The summed E-state index contributed by atoms with van der Waals surface area (Å²) >= 11 is 0. The number of hydrogen-bond donors (Lipinski definition) is 0. The van der Waals surface area contributed by atoms with E-state index in [0.717, 1.165) is 37.9 Å². The Bertz CT molecular complexity index is 356. The smallest absolute Gasteiger partial charge is 0.169 e. The second-order valence-corrected chi connectivity index (χ2v) is 6.39. The molecular weight excluding hydrogens is 200 g/mol. The van der Waals surface area contributed by atoms with Crippen molar-refractivity contribution in [1.29, 1.82) is 0 Å². The number of rotatable bonds is 0. The maximum absolute atomic E-state index is 5.87. The predicted octanol–water partition coefficient (Wildman–Crippen LogP) is 2.74. The molecule has 0 radical (unpaired) electrons. The van der Waals surface area contributed by atoms with Crippen LogP contribution in [0.5, 0.6) is 0 Å². The first-order valence-electron chi connectivity index (χ1n) is 6.61. The van der Waals surface area contributed by atoms with Crippen LogP contribution in [0, 0.1) is 23.2 Å². The van der Waals surface area contributed by atoms with Crippen LogP contribution in [0.1, 0.15) is 32.6 Å². The van der Waals surface area contributed by atoms with Crippen LogP contribution in [0.25, 0.3) is 0 Å². The third-order valence-electron chi connectivity index (χ3n) is 5.73. The van der Waals surface area contributed by atoms with E-state index >= 15 is 0 Å². The molecule has 4 atom stereocenters. The lowest BCUT2D eigenvalue weighted by Gasteiger charge is -2.46. The van der Waals surface area contributed by atoms with Crippen LogP contribution >= 0.6 is 0 Å². The molecule has 3 aliphatic carbocycles. The molecule has 0 aromatic rings. The lowest BCUT2D eigenvalue weighted by Crippen LogP contribution is -2.44. The van der Waals surface area contributed by atoms with Gasteiger partial charge in [-0.3, -0.25) is 0 Å². The van der Waals surface area contributed by atoms with Crippen molar-refractivity contribution >= 4 is 0 Å². The largest absolute Gasteiger partial charge is 0.348 e. The molecule has 0 amide bonds. The van der Waals surface area contributed by atoms with Gasteiger partial charge in [-0.2, -0.15) is 0 Å². The second-order valence-electron chi connectivity index (χ2n) is 6.39. The van der Waals surface area contributed by atoms with Crippen LogP contribution in [-0.4, -0.2) is 19.0 Å². The van der Waals surface area contributed by atoms with E-state index in [4.69, 9.17) is 9.47 Å². The molecule has 1 heterocycles. The highest BCUT2D eigenvalue weighted by molar-refractivity contribution is 5.30. The maximum atomic E-state index is 5.87. The summed E-state index contributed by atoms with van der Waals surface area (Å²) in [5, 5.41) is 0. The van der Waals surface area contributed by atoms with E-state index in [1.165, 1.54) is 18.4 Å². The molecule has 0 unspecified atom stereocenters. The van der Waals surface area contributed by atoms with Gasteiger partial charge in [0.1, 0.15) is 0 Å². The summed E-state index contributed by atoms with van der Waals surface area (Å²) < 4.78 is 11.7. The number of hydrogen-bond acceptors (Lipinski definition) is 2. The first kappa shape index (κ1) is 9.67. The average molecular weight is 220 g/mol. The van der Waals surface area contributed by atoms with Gasteiger partial charge >= 0.3 is 0 Å². The molecule has 4 aliphatic rings. The average Bonchev–Trinajstić information content (AvgIpc) is 2.92. The Morgan fingerprint density at radius 2 is 2.00 bits per heavy atom. The third kappa shape index (κ3) is 1.01. The molecule has 2 heteroatoms. The molecule has 0 aromatic carbocycles. The molecule has 1 aliphatic heterocycles. The van der Waals surface area contributed by atoms with Gasteiger partial charge in [-0.15, -0.1) is 0 Å². The van der Waals surface area contributed by atoms with E-state index in [2.05, 4.69) is 13.5 Å². The van der Waals surface area contributed by atoms with Crippen LogP contribution < -0.4 is 0 Å². The van der Waals surface area contributed by atoms with Gasteiger partial charge in [-0.05, 0) is 36.0 Å². The van der Waals surface area contributed by atoms with Gasteiger partial charge in [0.25, 0.3) is 0 Å². The molecule has 0 bridgehead atoms. The monoisotopic (exact) mass is 220 g/mol. The molecule has 2 nitrogen and oxygen atoms in total. The van der Waals surface area contributed by atoms with Crippen molar-refractivity contribution in [3.8, 4) is 0 Å². The van der Waals surface area contributed by atoms with Crippen molar-refractivity contribution in [2.24, 2.45) is 23.2 Å². The minimum absolute atomic E-state index is 0.232. The molecular formula is C14H20O2. The summed E-state index contributed by atoms with van der Waals surface area (Å²) in [5.41, 5.74) is 2.02. The normalized spacial score (nSPS) is 52.8. The predicted molar refractivity (Wildman–Crippen MR) is 60.8 cm³/mol. The van der Waals surface area contributed by atoms with Crippen LogP contribution in [0.15, 0.2) is 12.2 Å². The summed E-state index contributed by atoms with van der Waals surface area (Å²) in [6.45, 7) is 8.39. The van der Waals surface area contributed by atoms with Crippen molar-refractivity contribution in [2.45, 2.75) is 38.4 Å². The molecule has 0 N–H and O–H groups in total. The van der Waals surface area contributed by atoms with Crippen molar-refractivity contribution in [1.82, 2.24) is 0 Å². The van der Waals surface area contributed by atoms with Crippen LogP contribution in [0.4, 0.5) is 0 Å². The standard InChI is InChI=1S/C14H20O2/c1-9-10-7-11(10)13(2)3-4-14(8-12(9)13)15-5-6-16-14/h10-12H,1,3-8H2,2H3/t10-,11-,12+,13+/m1/s1. The molecule has 3 saturated carbocycles. The number of allylic oxidation sites excluding steroid dienone is 1. The minimum atomic E-state index is -0.232. The third-order valence-corrected chi connectivity index (χ3v) is 5.73. The fraction of sp³-hybridized carbons (Fsp3) is 0.857. The van der Waals surface area contributed by atoms with Crippen LogP contribution in [0.3, 0.4) is 0 Å². The number of ether oxygens (including phenoxy) is 2. The van der Waals surface area contributed by atoms with Gasteiger partial charge in [0.05, 0.1) is 13.2 Å². The van der Waals surface area contributed by atoms with E-state index in [1.807, 2.05) is 0 Å². The lowest BCUT2D eigenvalue weighted by atomic mass is 9.64. The molecule has 1 spiro atoms. The Labute approximate surface area is 97.0 Å². The fourth-order valence-corrected chi connectivity index (χ4v) is 4.63. The highest BCUT2D eigenvalue weighted by Gasteiger charge is 2.66. The highest BCUT2D eigenvalue weighted by atomic mass is 16.7. The molecule has 16 heavy (non-hydrogen) atoms. The zero-order valence-electron chi connectivity index (χ0n) is 10.00. The van der Waals surface area contributed by atoms with E-state index in [9.17, 15) is 0 Å². The van der Waals surface area contributed by atoms with Crippen LogP contribution in [0.2, 0.25) is 0 Å². The minimum Gasteiger partial charge on any atom is -0.348 e. The Kier molecular flexibility index (Phi) is 1.65. The summed E-state index contributed by atoms with van der Waals surface area (Å²) in [4.78, 5) is 0. The first-order chi connectivity index (χ1) is 7.65. The Morgan fingerprint density at radius 1 is 1.25 bits per heavy atom. The Morgan fingerprint density at radius 3 is 2.75 bits per heavy atom. The van der Waals surface area contributed by atoms with Gasteiger partial charge in [-0.25, -0.2) is 0 Å². The highest BCUT2D eigenvalue weighted by Crippen LogP contribution is 2.72. The van der Waals surface area contributed by atoms with E-state index < -0.39 is 0 Å². The second kappa shape index (κ2) is 2.73. The number of fused-ring (bicyclic) bond motifs is 3. The van der Waals surface area contributed by atoms with Crippen molar-refractivity contribution in [3.63, 3.8) is 0 Å². The van der Waals surface area contributed by atoms with Gasteiger partial charge < -0.3 is 9.47 Å². The molecule has 88 valence electrons. The summed E-state index contributed by atoms with van der Waals surface area (Å²) in [6, 6.07) is 0. The topological polar surface area (TPSA) is 18.5 Å². The van der Waals surface area contributed by atoms with Crippen LogP contribution in [-0.2, 0) is 9.47 Å². The van der Waals surface area contributed by atoms with Gasteiger partial charge in [0.15, 0.2) is 5.79 Å². The fourth-order valence-electron chi connectivity index (χ4n) is 4.63.